The van der Waals surface area contributed by atoms with Crippen molar-refractivity contribution in [2.24, 2.45) is 11.3 Å². The molecule has 2 unspecified atom stereocenters. The molecule has 4 nitrogen and oxygen atoms in total. The van der Waals surface area contributed by atoms with Crippen molar-refractivity contribution in [3.05, 3.63) is 0 Å². The summed E-state index contributed by atoms with van der Waals surface area (Å²) in [5.74, 6) is -0.0380. The summed E-state index contributed by atoms with van der Waals surface area (Å²) < 4.78 is 4.90. The summed E-state index contributed by atoms with van der Waals surface area (Å²) in [6.07, 6.45) is 6.23. The minimum absolute atomic E-state index is 0. The van der Waals surface area contributed by atoms with Gasteiger partial charge in [0.2, 0.25) is 0 Å². The molecule has 0 fully saturated rings. The molecule has 0 rings (SSSR count). The molecule has 0 saturated carbocycles. The van der Waals surface area contributed by atoms with Crippen molar-refractivity contribution < 1.29 is 14.6 Å². The van der Waals surface area contributed by atoms with Crippen molar-refractivity contribution in [1.29, 1.82) is 0 Å². The maximum atomic E-state index is 11.9. The van der Waals surface area contributed by atoms with Crippen LogP contribution in [0.25, 0.3) is 0 Å². The number of ether oxygens (including phenoxy) is 1. The van der Waals surface area contributed by atoms with Gasteiger partial charge in [0, 0.05) is 0 Å². The molecule has 0 saturated heterocycles. The molecule has 0 spiro atoms. The molecule has 0 radical (unpaired) electrons. The summed E-state index contributed by atoms with van der Waals surface area (Å²) in [5.41, 5.74) is -0.526. The van der Waals surface area contributed by atoms with Gasteiger partial charge in [0.15, 0.2) is 6.29 Å². The molecule has 0 aliphatic carbocycles. The van der Waals surface area contributed by atoms with Crippen LogP contribution in [0.15, 0.2) is 0 Å². The molecule has 0 heterocycles. The average Bonchev–Trinajstić information content (AvgIpc) is 2.27. The molecule has 2 atom stereocenters. The van der Waals surface area contributed by atoms with Crippen LogP contribution in [-0.2, 0) is 9.53 Å². The fraction of sp³-hybridized carbons (Fsp3) is 0.933. The maximum Gasteiger partial charge on any atom is 0.314 e. The summed E-state index contributed by atoms with van der Waals surface area (Å²) >= 11 is 0. The molecule has 0 bridgehead atoms. The zero-order chi connectivity index (χ0) is 14.2. The van der Waals surface area contributed by atoms with E-state index in [1.54, 1.807) is 0 Å². The number of unbranched alkanes of at least 4 members (excludes halogenated alkanes) is 4. The minimum Gasteiger partial charge on any atom is -0.436 e. The van der Waals surface area contributed by atoms with Gasteiger partial charge >= 0.3 is 5.97 Å². The van der Waals surface area contributed by atoms with Crippen molar-refractivity contribution in [2.75, 3.05) is 0 Å². The predicted molar refractivity (Wildman–Crippen MR) is 79.1 cm³/mol. The smallest absolute Gasteiger partial charge is 0.314 e. The summed E-state index contributed by atoms with van der Waals surface area (Å²) in [7, 11) is 0. The standard InChI is InChI=1S/C15H30O3.H3N/c1-6-7-8-9-10-11-12(2)15(4,5)14(17)18-13(3)16;/h12-13,16H,6-11H2,1-5H3;1H3. The Labute approximate surface area is 118 Å². The van der Waals surface area contributed by atoms with Crippen LogP contribution in [0.5, 0.6) is 0 Å². The number of esters is 1. The van der Waals surface area contributed by atoms with Crippen molar-refractivity contribution in [1.82, 2.24) is 6.15 Å². The summed E-state index contributed by atoms with van der Waals surface area (Å²) in [4.78, 5) is 11.9. The zero-order valence-electron chi connectivity index (χ0n) is 13.4. The van der Waals surface area contributed by atoms with Crippen LogP contribution in [0.3, 0.4) is 0 Å². The van der Waals surface area contributed by atoms with E-state index in [9.17, 15) is 4.79 Å². The number of aliphatic hydroxyl groups is 1. The lowest BCUT2D eigenvalue weighted by Gasteiger charge is -2.30. The molecule has 0 amide bonds. The van der Waals surface area contributed by atoms with E-state index in [1.807, 2.05) is 13.8 Å². The third-order valence-corrected chi connectivity index (χ3v) is 3.78. The van der Waals surface area contributed by atoms with Gasteiger partial charge in [-0.1, -0.05) is 46.0 Å². The molecule has 0 aliphatic rings. The maximum absolute atomic E-state index is 11.9. The van der Waals surface area contributed by atoms with E-state index in [-0.39, 0.29) is 18.0 Å². The highest BCUT2D eigenvalue weighted by atomic mass is 16.6. The number of hydrogen-bond donors (Lipinski definition) is 2. The molecule has 0 aromatic heterocycles. The van der Waals surface area contributed by atoms with Gasteiger partial charge in [-0.2, -0.15) is 0 Å². The monoisotopic (exact) mass is 275 g/mol. The molecule has 0 aliphatic heterocycles. The van der Waals surface area contributed by atoms with Crippen LogP contribution in [0.1, 0.15) is 73.1 Å². The second kappa shape index (κ2) is 10.2. The SMILES string of the molecule is CCCCCCCC(C)C(C)(C)C(=O)OC(C)O.N. The Bertz CT molecular complexity index is 240. The van der Waals surface area contributed by atoms with E-state index in [4.69, 9.17) is 9.84 Å². The molecular formula is C15H33NO3. The van der Waals surface area contributed by atoms with Gasteiger partial charge in [-0.3, -0.25) is 4.79 Å². The average molecular weight is 275 g/mol. The van der Waals surface area contributed by atoms with E-state index in [0.717, 1.165) is 12.8 Å². The molecule has 19 heavy (non-hydrogen) atoms. The van der Waals surface area contributed by atoms with Crippen molar-refractivity contribution in [3.63, 3.8) is 0 Å². The molecule has 4 N–H and O–H groups in total. The Kier molecular flexibility index (Phi) is 11.1. The van der Waals surface area contributed by atoms with Gasteiger partial charge in [0.25, 0.3) is 0 Å². The highest BCUT2D eigenvalue weighted by Gasteiger charge is 2.35. The van der Waals surface area contributed by atoms with Crippen molar-refractivity contribution >= 4 is 5.97 Å². The quantitative estimate of drug-likeness (QED) is 0.378. The Hall–Kier alpha value is -0.610. The molecular weight excluding hydrogens is 242 g/mol. The van der Waals surface area contributed by atoms with E-state index < -0.39 is 11.7 Å². The van der Waals surface area contributed by atoms with Crippen LogP contribution in [0, 0.1) is 11.3 Å². The molecule has 0 aromatic carbocycles. The lowest BCUT2D eigenvalue weighted by molar-refractivity contribution is -0.178. The first-order valence-electron chi connectivity index (χ1n) is 7.21. The highest BCUT2D eigenvalue weighted by molar-refractivity contribution is 5.76. The zero-order valence-corrected chi connectivity index (χ0v) is 13.4. The normalized spacial score (nSPS) is 14.4. The fourth-order valence-corrected chi connectivity index (χ4v) is 1.92. The molecule has 116 valence electrons. The Morgan fingerprint density at radius 3 is 2.16 bits per heavy atom. The largest absolute Gasteiger partial charge is 0.436 e. The van der Waals surface area contributed by atoms with Gasteiger partial charge in [-0.05, 0) is 33.1 Å². The van der Waals surface area contributed by atoms with Crippen LogP contribution < -0.4 is 6.15 Å². The Morgan fingerprint density at radius 1 is 1.16 bits per heavy atom. The second-order valence-electron chi connectivity index (χ2n) is 5.83. The fourth-order valence-electron chi connectivity index (χ4n) is 1.92. The second-order valence-corrected chi connectivity index (χ2v) is 5.83. The van der Waals surface area contributed by atoms with E-state index in [2.05, 4.69) is 13.8 Å². The summed E-state index contributed by atoms with van der Waals surface area (Å²) in [5, 5.41) is 9.10. The lowest BCUT2D eigenvalue weighted by atomic mass is 9.77. The predicted octanol–water partition coefficient (Wildman–Crippen LogP) is 4.05. The number of hydrogen-bond acceptors (Lipinski definition) is 4. The van der Waals surface area contributed by atoms with E-state index in [0.29, 0.717) is 0 Å². The summed E-state index contributed by atoms with van der Waals surface area (Å²) in [6, 6.07) is 0. The van der Waals surface area contributed by atoms with Crippen molar-refractivity contribution in [2.45, 2.75) is 79.4 Å². The minimum atomic E-state index is -1.02. The highest BCUT2D eigenvalue weighted by Crippen LogP contribution is 2.32. The van der Waals surface area contributed by atoms with Gasteiger partial charge in [-0.25, -0.2) is 0 Å². The molecule has 4 heteroatoms. The number of aliphatic hydroxyl groups excluding tert-OH is 1. The van der Waals surface area contributed by atoms with Crippen LogP contribution in [-0.4, -0.2) is 17.4 Å². The summed E-state index contributed by atoms with van der Waals surface area (Å²) in [6.45, 7) is 9.55. The van der Waals surface area contributed by atoms with Crippen LogP contribution in [0.2, 0.25) is 0 Å². The first kappa shape index (κ1) is 20.7. The first-order chi connectivity index (χ1) is 8.32. The third-order valence-electron chi connectivity index (χ3n) is 3.78. The van der Waals surface area contributed by atoms with E-state index in [1.165, 1.54) is 32.6 Å². The van der Waals surface area contributed by atoms with Crippen LogP contribution >= 0.6 is 0 Å². The number of carbonyl (C=O) groups is 1. The lowest BCUT2D eigenvalue weighted by Crippen LogP contribution is -2.35. The third kappa shape index (κ3) is 8.22. The van der Waals surface area contributed by atoms with Gasteiger partial charge in [0.05, 0.1) is 5.41 Å². The Morgan fingerprint density at radius 2 is 1.68 bits per heavy atom. The molecule has 0 aromatic rings. The Balaban J connectivity index is 0. The van der Waals surface area contributed by atoms with E-state index >= 15 is 0 Å². The number of rotatable bonds is 9. The first-order valence-corrected chi connectivity index (χ1v) is 7.21. The van der Waals surface area contributed by atoms with Gasteiger partial charge < -0.3 is 16.0 Å². The van der Waals surface area contributed by atoms with Crippen LogP contribution in [0.4, 0.5) is 0 Å². The van der Waals surface area contributed by atoms with Crippen molar-refractivity contribution in [3.8, 4) is 0 Å². The number of carbonyl (C=O) groups excluding carboxylic acids is 1. The van der Waals surface area contributed by atoms with Gasteiger partial charge in [0.1, 0.15) is 0 Å². The topological polar surface area (TPSA) is 81.5 Å². The van der Waals surface area contributed by atoms with Gasteiger partial charge in [-0.15, -0.1) is 0 Å².